The summed E-state index contributed by atoms with van der Waals surface area (Å²) >= 11 is 0. The van der Waals surface area contributed by atoms with Crippen molar-refractivity contribution in [1.82, 2.24) is 5.32 Å². The maximum atomic E-state index is 13.6. The van der Waals surface area contributed by atoms with E-state index >= 15 is 0 Å². The molecule has 1 amide bonds. The Kier molecular flexibility index (Phi) is 8.97. The molecule has 0 aromatic heterocycles. The van der Waals surface area contributed by atoms with Gasteiger partial charge in [0.25, 0.3) is 0 Å². The predicted molar refractivity (Wildman–Crippen MR) is 98.0 cm³/mol. The minimum Gasteiger partial charge on any atom is -0.356 e. The van der Waals surface area contributed by atoms with Gasteiger partial charge in [-0.3, -0.25) is 4.79 Å². The summed E-state index contributed by atoms with van der Waals surface area (Å²) in [5.74, 6) is -3.77. The van der Waals surface area contributed by atoms with E-state index in [2.05, 4.69) is 5.32 Å². The van der Waals surface area contributed by atoms with Gasteiger partial charge < -0.3 is 11.1 Å². The maximum Gasteiger partial charge on any atom is 0.416 e. The number of nitrogens with two attached hydrogens (primary N) is 1. The summed E-state index contributed by atoms with van der Waals surface area (Å²) in [7, 11) is 0. The first-order valence-corrected chi connectivity index (χ1v) is 8.38. The maximum absolute atomic E-state index is 13.6. The summed E-state index contributed by atoms with van der Waals surface area (Å²) in [4.78, 5) is 11.8. The van der Waals surface area contributed by atoms with Crippen molar-refractivity contribution in [2.24, 2.45) is 5.73 Å². The molecule has 0 saturated carbocycles. The van der Waals surface area contributed by atoms with Crippen LogP contribution in [0, 0.1) is 17.5 Å². The number of benzene rings is 2. The molecule has 0 unspecified atom stereocenters. The van der Waals surface area contributed by atoms with Gasteiger partial charge in [0.2, 0.25) is 5.91 Å². The highest BCUT2D eigenvalue weighted by Crippen LogP contribution is 2.29. The monoisotopic (exact) mass is 440 g/mol. The van der Waals surface area contributed by atoms with Crippen molar-refractivity contribution in [1.29, 1.82) is 0 Å². The van der Waals surface area contributed by atoms with Crippen molar-refractivity contribution < 1.29 is 31.1 Å². The van der Waals surface area contributed by atoms with Gasteiger partial charge in [0.1, 0.15) is 5.82 Å². The Labute approximate surface area is 169 Å². The van der Waals surface area contributed by atoms with Crippen LogP contribution < -0.4 is 11.1 Å². The molecule has 0 radical (unpaired) electrons. The van der Waals surface area contributed by atoms with Gasteiger partial charge in [0.15, 0.2) is 11.6 Å². The van der Waals surface area contributed by atoms with E-state index in [0.717, 1.165) is 18.2 Å². The lowest BCUT2D eigenvalue weighted by Crippen LogP contribution is -2.32. The number of nitrogens with one attached hydrogen (secondary N) is 1. The average molecular weight is 441 g/mol. The third-order valence-corrected chi connectivity index (χ3v) is 4.05. The zero-order valence-corrected chi connectivity index (χ0v) is 15.8. The summed E-state index contributed by atoms with van der Waals surface area (Å²) in [6.45, 7) is 0.145. The third-order valence-electron chi connectivity index (χ3n) is 4.05. The molecule has 29 heavy (non-hydrogen) atoms. The first-order valence-electron chi connectivity index (χ1n) is 8.38. The number of carbonyl (C=O) groups excluding carboxylic acids is 1. The molecule has 0 aliphatic rings. The highest BCUT2D eigenvalue weighted by Gasteiger charge is 2.29. The second kappa shape index (κ2) is 10.5. The number of rotatable bonds is 7. The predicted octanol–water partition coefficient (Wildman–Crippen LogP) is 4.16. The summed E-state index contributed by atoms with van der Waals surface area (Å²) in [6, 6.07) is 4.83. The molecule has 0 fully saturated rings. The first kappa shape index (κ1) is 24.8. The molecule has 0 aliphatic heterocycles. The Morgan fingerprint density at radius 2 is 1.59 bits per heavy atom. The smallest absolute Gasteiger partial charge is 0.356 e. The van der Waals surface area contributed by atoms with Crippen molar-refractivity contribution in [3.05, 3.63) is 70.5 Å². The molecule has 0 saturated heterocycles. The molecule has 0 bridgehead atoms. The fraction of sp³-hybridized carbons (Fsp3) is 0.316. The van der Waals surface area contributed by atoms with Crippen LogP contribution in [-0.4, -0.2) is 18.5 Å². The van der Waals surface area contributed by atoms with E-state index in [-0.39, 0.29) is 43.8 Å². The minimum atomic E-state index is -4.44. The second-order valence-electron chi connectivity index (χ2n) is 6.33. The fourth-order valence-electron chi connectivity index (χ4n) is 2.56. The summed E-state index contributed by atoms with van der Waals surface area (Å²) in [5, 5.41) is 2.56. The second-order valence-corrected chi connectivity index (χ2v) is 6.33. The molecular formula is C19H19ClF6N2O. The molecule has 0 spiro atoms. The summed E-state index contributed by atoms with van der Waals surface area (Å²) in [6.07, 6.45) is -4.34. The number of hydrogen-bond donors (Lipinski definition) is 2. The quantitative estimate of drug-likeness (QED) is 0.501. The molecule has 3 N–H and O–H groups in total. The van der Waals surface area contributed by atoms with Gasteiger partial charge >= 0.3 is 6.18 Å². The summed E-state index contributed by atoms with van der Waals surface area (Å²) < 4.78 is 77.1. The van der Waals surface area contributed by atoms with Gasteiger partial charge in [0.05, 0.1) is 12.0 Å². The Balaban J connectivity index is 0.00000420. The van der Waals surface area contributed by atoms with Gasteiger partial charge in [-0.1, -0.05) is 12.1 Å². The number of alkyl halides is 3. The molecule has 3 nitrogen and oxygen atoms in total. The Bertz CT molecular complexity index is 827. The largest absolute Gasteiger partial charge is 0.416 e. The van der Waals surface area contributed by atoms with Crippen LogP contribution in [-0.2, 0) is 23.8 Å². The van der Waals surface area contributed by atoms with Gasteiger partial charge in [-0.2, -0.15) is 13.2 Å². The van der Waals surface area contributed by atoms with E-state index < -0.39 is 41.1 Å². The Morgan fingerprint density at radius 3 is 2.17 bits per heavy atom. The molecule has 0 aliphatic carbocycles. The Hall–Kier alpha value is -2.26. The van der Waals surface area contributed by atoms with Crippen molar-refractivity contribution in [2.75, 3.05) is 6.54 Å². The van der Waals surface area contributed by atoms with Gasteiger partial charge in [0, 0.05) is 18.7 Å². The van der Waals surface area contributed by atoms with Crippen LogP contribution in [0.5, 0.6) is 0 Å². The van der Waals surface area contributed by atoms with E-state index in [1.54, 1.807) is 0 Å². The number of amides is 1. The standard InChI is InChI=1S/C19H18F6N2O.ClH/c20-15-10-17(22)16(21)9-12(15)8-14(26)5-6-27-18(28)7-11-1-3-13(4-2-11)19(23,24)25;/h1-4,9-10,14H,5-8,26H2,(H,27,28);1H/t14-;/m0./s1. The van der Waals surface area contributed by atoms with E-state index in [9.17, 15) is 31.1 Å². The molecule has 0 heterocycles. The van der Waals surface area contributed by atoms with Crippen molar-refractivity contribution in [2.45, 2.75) is 31.5 Å². The van der Waals surface area contributed by atoms with Crippen LogP contribution in [0.3, 0.4) is 0 Å². The fourth-order valence-corrected chi connectivity index (χ4v) is 2.56. The lowest BCUT2D eigenvalue weighted by Gasteiger charge is -2.13. The molecule has 160 valence electrons. The van der Waals surface area contributed by atoms with Crippen molar-refractivity contribution in [3.8, 4) is 0 Å². The number of carbonyl (C=O) groups is 1. The Morgan fingerprint density at radius 1 is 1.00 bits per heavy atom. The van der Waals surface area contributed by atoms with Gasteiger partial charge in [-0.05, 0) is 42.2 Å². The van der Waals surface area contributed by atoms with Crippen molar-refractivity contribution >= 4 is 18.3 Å². The number of halogens is 7. The highest BCUT2D eigenvalue weighted by atomic mass is 35.5. The molecular weight excluding hydrogens is 422 g/mol. The minimum absolute atomic E-state index is 0. The molecule has 1 atom stereocenters. The zero-order chi connectivity index (χ0) is 20.9. The molecule has 10 heteroatoms. The molecule has 2 aromatic rings. The average Bonchev–Trinajstić information content (AvgIpc) is 2.59. The number of hydrogen-bond acceptors (Lipinski definition) is 2. The van der Waals surface area contributed by atoms with E-state index in [4.69, 9.17) is 5.73 Å². The van der Waals surface area contributed by atoms with Crippen LogP contribution in [0.1, 0.15) is 23.1 Å². The van der Waals surface area contributed by atoms with Crippen LogP contribution in [0.15, 0.2) is 36.4 Å². The van der Waals surface area contributed by atoms with Crippen LogP contribution in [0.4, 0.5) is 26.3 Å². The lowest BCUT2D eigenvalue weighted by molar-refractivity contribution is -0.137. The van der Waals surface area contributed by atoms with Crippen LogP contribution >= 0.6 is 12.4 Å². The SMILES string of the molecule is Cl.N[C@@H](CCNC(=O)Cc1ccc(C(F)(F)F)cc1)Cc1cc(F)c(F)cc1F. The molecule has 2 rings (SSSR count). The third kappa shape index (κ3) is 7.58. The first-order chi connectivity index (χ1) is 13.1. The normalized spacial score (nSPS) is 12.2. The molecule has 2 aromatic carbocycles. The van der Waals surface area contributed by atoms with Crippen molar-refractivity contribution in [3.63, 3.8) is 0 Å². The van der Waals surface area contributed by atoms with Gasteiger partial charge in [-0.25, -0.2) is 13.2 Å². The van der Waals surface area contributed by atoms with Crippen LogP contribution in [0.25, 0.3) is 0 Å². The van der Waals surface area contributed by atoms with Crippen LogP contribution in [0.2, 0.25) is 0 Å². The zero-order valence-electron chi connectivity index (χ0n) is 15.0. The highest BCUT2D eigenvalue weighted by molar-refractivity contribution is 5.85. The van der Waals surface area contributed by atoms with E-state index in [1.165, 1.54) is 12.1 Å². The lowest BCUT2D eigenvalue weighted by atomic mass is 10.0. The topological polar surface area (TPSA) is 55.1 Å². The van der Waals surface area contributed by atoms with E-state index in [0.29, 0.717) is 11.6 Å². The van der Waals surface area contributed by atoms with E-state index in [1.807, 2.05) is 0 Å². The van der Waals surface area contributed by atoms with Gasteiger partial charge in [-0.15, -0.1) is 12.4 Å². The summed E-state index contributed by atoms with van der Waals surface area (Å²) in [5.41, 5.74) is 5.37.